The monoisotopic (exact) mass is 462 g/mol. The summed E-state index contributed by atoms with van der Waals surface area (Å²) in [5, 5.41) is 31.4. The summed E-state index contributed by atoms with van der Waals surface area (Å²) >= 11 is 0. The van der Waals surface area contributed by atoms with Gasteiger partial charge in [0.1, 0.15) is 12.4 Å². The molecule has 1 saturated carbocycles. The molecule has 1 saturated heterocycles. The first-order valence-corrected chi connectivity index (χ1v) is 13.1. The molecule has 2 fully saturated rings. The average Bonchev–Trinajstić information content (AvgIpc) is 3.41. The van der Waals surface area contributed by atoms with E-state index in [2.05, 4.69) is 13.0 Å². The molecule has 4 rings (SSSR count). The van der Waals surface area contributed by atoms with Crippen molar-refractivity contribution in [2.45, 2.75) is 95.7 Å². The summed E-state index contributed by atoms with van der Waals surface area (Å²) < 4.78 is 16.9. The molecule has 6 nitrogen and oxygen atoms in total. The summed E-state index contributed by atoms with van der Waals surface area (Å²) in [4.78, 5) is 0. The van der Waals surface area contributed by atoms with E-state index in [1.165, 1.54) is 24.0 Å². The summed E-state index contributed by atoms with van der Waals surface area (Å²) in [6, 6.07) is 6.16. The molecule has 7 unspecified atom stereocenters. The lowest BCUT2D eigenvalue weighted by atomic mass is 9.73. The minimum atomic E-state index is -0.967. The molecule has 6 heteroatoms. The van der Waals surface area contributed by atoms with Gasteiger partial charge in [-0.1, -0.05) is 38.3 Å². The standard InChI is InChI=1S/C27H42O6/c1-2-3-4-7-20(28)9-10-22-23-13-18-6-5-8-26(24(18)14-19(23)15-25(22)29)32-17-27(30)33-21-11-12-31-16-21/h5-6,8,19-23,25,27-30H,2-4,7,9-17H2,1H3. The molecular formula is C27H42O6. The van der Waals surface area contributed by atoms with Crippen LogP contribution in [0.3, 0.4) is 0 Å². The molecule has 1 aromatic rings. The number of rotatable bonds is 12. The summed E-state index contributed by atoms with van der Waals surface area (Å²) in [5.74, 6) is 1.98. The van der Waals surface area contributed by atoms with Crippen LogP contribution in [0.4, 0.5) is 0 Å². The van der Waals surface area contributed by atoms with Crippen LogP contribution in [-0.2, 0) is 22.3 Å². The second kappa shape index (κ2) is 12.0. The number of ether oxygens (including phenoxy) is 3. The van der Waals surface area contributed by atoms with Crippen molar-refractivity contribution in [2.75, 3.05) is 19.8 Å². The highest BCUT2D eigenvalue weighted by Crippen LogP contribution is 2.48. The molecule has 3 aliphatic rings. The number of fused-ring (bicyclic) bond motifs is 2. The van der Waals surface area contributed by atoms with Gasteiger partial charge in [-0.3, -0.25) is 0 Å². The molecule has 1 aromatic carbocycles. The van der Waals surface area contributed by atoms with E-state index < -0.39 is 6.29 Å². The van der Waals surface area contributed by atoms with Gasteiger partial charge in [-0.15, -0.1) is 0 Å². The highest BCUT2D eigenvalue weighted by Gasteiger charge is 2.44. The molecule has 0 radical (unpaired) electrons. The Hall–Kier alpha value is -1.18. The van der Waals surface area contributed by atoms with E-state index in [1.807, 2.05) is 12.1 Å². The number of hydrogen-bond acceptors (Lipinski definition) is 6. The van der Waals surface area contributed by atoms with Crippen molar-refractivity contribution in [3.05, 3.63) is 29.3 Å². The van der Waals surface area contributed by atoms with E-state index in [4.69, 9.17) is 14.2 Å². The Labute approximate surface area is 198 Å². The van der Waals surface area contributed by atoms with Gasteiger partial charge in [-0.05, 0) is 79.9 Å². The number of hydrogen-bond donors (Lipinski definition) is 3. The van der Waals surface area contributed by atoms with Gasteiger partial charge in [-0.25, -0.2) is 0 Å². The lowest BCUT2D eigenvalue weighted by Gasteiger charge is -2.32. The Kier molecular flexibility index (Phi) is 9.05. The second-order valence-corrected chi connectivity index (χ2v) is 10.3. The lowest BCUT2D eigenvalue weighted by Crippen LogP contribution is -2.29. The maximum Gasteiger partial charge on any atom is 0.189 e. The van der Waals surface area contributed by atoms with Crippen LogP contribution in [0.15, 0.2) is 18.2 Å². The molecule has 33 heavy (non-hydrogen) atoms. The van der Waals surface area contributed by atoms with E-state index in [-0.39, 0.29) is 30.8 Å². The molecule has 7 atom stereocenters. The van der Waals surface area contributed by atoms with E-state index in [0.717, 1.165) is 57.1 Å². The van der Waals surface area contributed by atoms with Gasteiger partial charge in [-0.2, -0.15) is 0 Å². The zero-order chi connectivity index (χ0) is 23.2. The predicted octanol–water partition coefficient (Wildman–Crippen LogP) is 3.62. The van der Waals surface area contributed by atoms with Crippen molar-refractivity contribution in [3.8, 4) is 5.75 Å². The third-order valence-electron chi connectivity index (χ3n) is 7.94. The van der Waals surface area contributed by atoms with Crippen molar-refractivity contribution in [2.24, 2.45) is 17.8 Å². The van der Waals surface area contributed by atoms with Gasteiger partial charge in [0.15, 0.2) is 6.29 Å². The average molecular weight is 463 g/mol. The molecule has 0 amide bonds. The van der Waals surface area contributed by atoms with Crippen LogP contribution in [0, 0.1) is 17.8 Å². The van der Waals surface area contributed by atoms with Crippen molar-refractivity contribution >= 4 is 0 Å². The van der Waals surface area contributed by atoms with Crippen LogP contribution in [0.25, 0.3) is 0 Å². The van der Waals surface area contributed by atoms with Crippen LogP contribution in [0.1, 0.15) is 69.4 Å². The van der Waals surface area contributed by atoms with E-state index in [0.29, 0.717) is 25.0 Å². The second-order valence-electron chi connectivity index (χ2n) is 10.3. The molecule has 1 aliphatic heterocycles. The first kappa shape index (κ1) is 24.9. The number of unbranched alkanes of at least 4 members (excludes halogenated alkanes) is 2. The van der Waals surface area contributed by atoms with Crippen LogP contribution < -0.4 is 4.74 Å². The van der Waals surface area contributed by atoms with Gasteiger partial charge in [0.05, 0.1) is 24.9 Å². The highest BCUT2D eigenvalue weighted by atomic mass is 16.6. The zero-order valence-corrected chi connectivity index (χ0v) is 20.0. The normalized spacial score (nSPS) is 30.6. The Morgan fingerprint density at radius 1 is 1.15 bits per heavy atom. The minimum absolute atomic E-state index is 0.0591. The molecular weight excluding hydrogens is 420 g/mol. The maximum absolute atomic E-state index is 10.8. The minimum Gasteiger partial charge on any atom is -0.488 e. The van der Waals surface area contributed by atoms with Crippen LogP contribution in [-0.4, -0.2) is 59.7 Å². The highest BCUT2D eigenvalue weighted by molar-refractivity contribution is 5.43. The van der Waals surface area contributed by atoms with E-state index in [1.54, 1.807) is 0 Å². The fraction of sp³-hybridized carbons (Fsp3) is 0.778. The van der Waals surface area contributed by atoms with Gasteiger partial charge in [0.25, 0.3) is 0 Å². The third-order valence-corrected chi connectivity index (χ3v) is 7.94. The first-order chi connectivity index (χ1) is 16.0. The number of benzene rings is 1. The largest absolute Gasteiger partial charge is 0.488 e. The maximum atomic E-state index is 10.8. The van der Waals surface area contributed by atoms with Gasteiger partial charge in [0, 0.05) is 6.61 Å². The fourth-order valence-electron chi connectivity index (χ4n) is 6.14. The summed E-state index contributed by atoms with van der Waals surface area (Å²) in [6.45, 7) is 3.49. The van der Waals surface area contributed by atoms with Crippen molar-refractivity contribution in [3.63, 3.8) is 0 Å². The van der Waals surface area contributed by atoms with E-state index >= 15 is 0 Å². The Balaban J connectivity index is 1.32. The molecule has 0 spiro atoms. The van der Waals surface area contributed by atoms with Crippen molar-refractivity contribution in [1.29, 1.82) is 0 Å². The van der Waals surface area contributed by atoms with Gasteiger partial charge < -0.3 is 29.5 Å². The van der Waals surface area contributed by atoms with Crippen molar-refractivity contribution < 1.29 is 29.5 Å². The Bertz CT molecular complexity index is 733. The number of aliphatic hydroxyl groups is 3. The molecule has 2 aliphatic carbocycles. The lowest BCUT2D eigenvalue weighted by molar-refractivity contribution is -0.150. The smallest absolute Gasteiger partial charge is 0.189 e. The summed E-state index contributed by atoms with van der Waals surface area (Å²) in [7, 11) is 0. The number of aliphatic hydroxyl groups excluding tert-OH is 3. The summed E-state index contributed by atoms with van der Waals surface area (Å²) in [5.41, 5.74) is 2.50. The van der Waals surface area contributed by atoms with Gasteiger partial charge >= 0.3 is 0 Å². The van der Waals surface area contributed by atoms with E-state index in [9.17, 15) is 15.3 Å². The van der Waals surface area contributed by atoms with Crippen LogP contribution >= 0.6 is 0 Å². The molecule has 3 N–H and O–H groups in total. The zero-order valence-electron chi connectivity index (χ0n) is 20.0. The topological polar surface area (TPSA) is 88.4 Å². The predicted molar refractivity (Wildman–Crippen MR) is 126 cm³/mol. The SMILES string of the molecule is CCCCCC(O)CCC1C(O)CC2Cc3c(cccc3OCC(O)OC3CCOC3)CC21. The quantitative estimate of drug-likeness (QED) is 0.325. The van der Waals surface area contributed by atoms with Crippen molar-refractivity contribution in [1.82, 2.24) is 0 Å². The van der Waals surface area contributed by atoms with Gasteiger partial charge in [0.2, 0.25) is 0 Å². The molecule has 186 valence electrons. The Morgan fingerprint density at radius 2 is 2.03 bits per heavy atom. The van der Waals surface area contributed by atoms with Crippen LogP contribution in [0.2, 0.25) is 0 Å². The molecule has 0 bridgehead atoms. The molecule has 0 aromatic heterocycles. The Morgan fingerprint density at radius 3 is 2.82 bits per heavy atom. The first-order valence-electron chi connectivity index (χ1n) is 13.1. The summed E-state index contributed by atoms with van der Waals surface area (Å²) in [6.07, 6.45) is 7.90. The van der Waals surface area contributed by atoms with Crippen LogP contribution in [0.5, 0.6) is 5.75 Å². The fourth-order valence-corrected chi connectivity index (χ4v) is 6.14. The third kappa shape index (κ3) is 6.49. The molecule has 1 heterocycles.